The lowest BCUT2D eigenvalue weighted by Crippen LogP contribution is -2.15. The summed E-state index contributed by atoms with van der Waals surface area (Å²) in [6.07, 6.45) is 0. The lowest BCUT2D eigenvalue weighted by atomic mass is 10.1. The third-order valence-corrected chi connectivity index (χ3v) is 4.72. The number of methoxy groups -OCH3 is 3. The standard InChI is InChI=1S/C16H18O6S/c1-18-10-6-9(7-11(19-2)13(10)20-3)16-15-14(12(8-17)23-16)21-4-5-22-15/h6-7,17H,4-5,8H2,1-3H3. The minimum atomic E-state index is -0.0964. The Balaban J connectivity index is 2.17. The average molecular weight is 338 g/mol. The summed E-state index contributed by atoms with van der Waals surface area (Å²) in [6, 6.07) is 3.71. The lowest BCUT2D eigenvalue weighted by Gasteiger charge is -2.18. The van der Waals surface area contributed by atoms with Gasteiger partial charge in [0.15, 0.2) is 23.0 Å². The highest BCUT2D eigenvalue weighted by Gasteiger charge is 2.26. The first-order valence-corrected chi connectivity index (χ1v) is 7.87. The molecule has 0 fully saturated rings. The third kappa shape index (κ3) is 2.66. The molecule has 0 saturated carbocycles. The molecule has 124 valence electrons. The van der Waals surface area contributed by atoms with E-state index >= 15 is 0 Å². The monoisotopic (exact) mass is 338 g/mol. The Labute approximate surface area is 138 Å². The Kier molecular flexibility index (Phi) is 4.49. The summed E-state index contributed by atoms with van der Waals surface area (Å²) >= 11 is 1.43. The van der Waals surface area contributed by atoms with Crippen molar-refractivity contribution < 1.29 is 28.8 Å². The van der Waals surface area contributed by atoms with Crippen molar-refractivity contribution in [3.63, 3.8) is 0 Å². The van der Waals surface area contributed by atoms with Crippen molar-refractivity contribution in [2.75, 3.05) is 34.5 Å². The van der Waals surface area contributed by atoms with E-state index in [9.17, 15) is 5.11 Å². The first-order valence-electron chi connectivity index (χ1n) is 7.06. The number of rotatable bonds is 5. The Morgan fingerprint density at radius 2 is 1.61 bits per heavy atom. The van der Waals surface area contributed by atoms with E-state index in [0.29, 0.717) is 42.0 Å². The second-order valence-corrected chi connectivity index (χ2v) is 5.89. The van der Waals surface area contributed by atoms with Crippen molar-refractivity contribution in [2.45, 2.75) is 6.61 Å². The Morgan fingerprint density at radius 1 is 1.00 bits per heavy atom. The van der Waals surface area contributed by atoms with Gasteiger partial charge in [-0.25, -0.2) is 0 Å². The van der Waals surface area contributed by atoms with Gasteiger partial charge in [-0.3, -0.25) is 0 Å². The molecule has 1 aliphatic heterocycles. The van der Waals surface area contributed by atoms with Crippen LogP contribution in [0.1, 0.15) is 4.88 Å². The molecule has 1 aromatic heterocycles. The molecule has 23 heavy (non-hydrogen) atoms. The van der Waals surface area contributed by atoms with E-state index in [-0.39, 0.29) is 6.61 Å². The molecule has 1 aromatic carbocycles. The van der Waals surface area contributed by atoms with Crippen molar-refractivity contribution in [1.29, 1.82) is 0 Å². The van der Waals surface area contributed by atoms with Crippen LogP contribution in [0, 0.1) is 0 Å². The van der Waals surface area contributed by atoms with Gasteiger partial charge in [0.05, 0.1) is 37.7 Å². The molecule has 0 saturated heterocycles. The van der Waals surface area contributed by atoms with Crippen LogP contribution < -0.4 is 23.7 Å². The van der Waals surface area contributed by atoms with Gasteiger partial charge in [0.2, 0.25) is 5.75 Å². The molecule has 6 nitrogen and oxygen atoms in total. The first-order chi connectivity index (χ1) is 11.2. The Hall–Kier alpha value is -2.12. The van der Waals surface area contributed by atoms with Gasteiger partial charge in [-0.15, -0.1) is 11.3 Å². The first kappa shape index (κ1) is 15.8. The molecule has 0 bridgehead atoms. The van der Waals surface area contributed by atoms with E-state index in [1.165, 1.54) is 11.3 Å². The van der Waals surface area contributed by atoms with E-state index in [1.54, 1.807) is 21.3 Å². The maximum atomic E-state index is 9.54. The van der Waals surface area contributed by atoms with Crippen LogP contribution in [0.3, 0.4) is 0 Å². The lowest BCUT2D eigenvalue weighted by molar-refractivity contribution is 0.169. The molecule has 3 rings (SSSR count). The van der Waals surface area contributed by atoms with E-state index < -0.39 is 0 Å². The van der Waals surface area contributed by atoms with Crippen LogP contribution in [-0.2, 0) is 6.61 Å². The molecule has 0 spiro atoms. The van der Waals surface area contributed by atoms with Crippen LogP contribution in [0.2, 0.25) is 0 Å². The maximum absolute atomic E-state index is 9.54. The van der Waals surface area contributed by atoms with Crippen molar-refractivity contribution in [3.8, 4) is 39.2 Å². The highest BCUT2D eigenvalue weighted by Crippen LogP contribution is 2.51. The summed E-state index contributed by atoms with van der Waals surface area (Å²) < 4.78 is 27.5. The fraction of sp³-hybridized carbons (Fsp3) is 0.375. The molecule has 7 heteroatoms. The zero-order valence-corrected chi connectivity index (χ0v) is 14.0. The van der Waals surface area contributed by atoms with Crippen molar-refractivity contribution in [2.24, 2.45) is 0 Å². The molecule has 1 N–H and O–H groups in total. The van der Waals surface area contributed by atoms with Gasteiger partial charge >= 0.3 is 0 Å². The topological polar surface area (TPSA) is 66.4 Å². The average Bonchev–Trinajstić information content (AvgIpc) is 2.99. The summed E-state index contributed by atoms with van der Waals surface area (Å²) in [5, 5.41) is 9.54. The van der Waals surface area contributed by atoms with Crippen molar-refractivity contribution >= 4 is 11.3 Å². The van der Waals surface area contributed by atoms with Gasteiger partial charge in [0.25, 0.3) is 0 Å². The summed E-state index contributed by atoms with van der Waals surface area (Å²) in [5.74, 6) is 2.92. The number of benzene rings is 1. The number of hydrogen-bond acceptors (Lipinski definition) is 7. The van der Waals surface area contributed by atoms with Crippen LogP contribution in [0.25, 0.3) is 10.4 Å². The fourth-order valence-corrected chi connectivity index (χ4v) is 3.55. The molecule has 0 radical (unpaired) electrons. The number of thiophene rings is 1. The number of aliphatic hydroxyl groups excluding tert-OH is 1. The molecule has 0 amide bonds. The van der Waals surface area contributed by atoms with Crippen molar-refractivity contribution in [3.05, 3.63) is 17.0 Å². The predicted octanol–water partition coefficient (Wildman–Crippen LogP) is 2.70. The smallest absolute Gasteiger partial charge is 0.203 e. The van der Waals surface area contributed by atoms with Gasteiger partial charge in [-0.1, -0.05) is 0 Å². The normalized spacial score (nSPS) is 12.9. The van der Waals surface area contributed by atoms with E-state index in [4.69, 9.17) is 23.7 Å². The Morgan fingerprint density at radius 3 is 2.13 bits per heavy atom. The quantitative estimate of drug-likeness (QED) is 0.904. The molecule has 2 heterocycles. The van der Waals surface area contributed by atoms with Crippen molar-refractivity contribution in [1.82, 2.24) is 0 Å². The largest absolute Gasteiger partial charge is 0.493 e. The van der Waals surface area contributed by atoms with Gasteiger partial charge < -0.3 is 28.8 Å². The second-order valence-electron chi connectivity index (χ2n) is 4.78. The van der Waals surface area contributed by atoms with E-state index in [0.717, 1.165) is 15.3 Å². The van der Waals surface area contributed by atoms with Gasteiger partial charge in [-0.05, 0) is 12.1 Å². The number of fused-ring (bicyclic) bond motifs is 1. The van der Waals surface area contributed by atoms with Crippen LogP contribution in [0.5, 0.6) is 28.7 Å². The van der Waals surface area contributed by atoms with Crippen LogP contribution in [0.15, 0.2) is 12.1 Å². The maximum Gasteiger partial charge on any atom is 0.203 e. The number of hydrogen-bond donors (Lipinski definition) is 1. The SMILES string of the molecule is COc1cc(-c2sc(CO)c3c2OCCO3)cc(OC)c1OC. The number of ether oxygens (including phenoxy) is 5. The molecule has 2 aromatic rings. The minimum absolute atomic E-state index is 0.0964. The second kappa shape index (κ2) is 6.55. The van der Waals surface area contributed by atoms with Gasteiger partial charge in [0, 0.05) is 5.56 Å². The summed E-state index contributed by atoms with van der Waals surface area (Å²) in [4.78, 5) is 1.60. The Bertz CT molecular complexity index is 684. The third-order valence-electron chi connectivity index (χ3n) is 3.54. The molecule has 1 aliphatic rings. The molecule has 0 aliphatic carbocycles. The van der Waals surface area contributed by atoms with Crippen LogP contribution in [-0.4, -0.2) is 39.6 Å². The minimum Gasteiger partial charge on any atom is -0.493 e. The zero-order valence-electron chi connectivity index (χ0n) is 13.2. The summed E-state index contributed by atoms with van der Waals surface area (Å²) in [6.45, 7) is 0.859. The zero-order chi connectivity index (χ0) is 16.4. The molecular formula is C16H18O6S. The fourth-order valence-electron chi connectivity index (χ4n) is 2.52. The molecule has 0 unspecified atom stereocenters. The number of aliphatic hydroxyl groups is 1. The summed E-state index contributed by atoms with van der Waals surface area (Å²) in [5.41, 5.74) is 0.853. The van der Waals surface area contributed by atoms with E-state index in [2.05, 4.69) is 0 Å². The van der Waals surface area contributed by atoms with Crippen LogP contribution >= 0.6 is 11.3 Å². The summed E-state index contributed by atoms with van der Waals surface area (Å²) in [7, 11) is 4.71. The van der Waals surface area contributed by atoms with Gasteiger partial charge in [0.1, 0.15) is 13.2 Å². The highest BCUT2D eigenvalue weighted by molar-refractivity contribution is 7.16. The molecular weight excluding hydrogens is 320 g/mol. The molecule has 0 atom stereocenters. The van der Waals surface area contributed by atoms with E-state index in [1.807, 2.05) is 12.1 Å². The highest BCUT2D eigenvalue weighted by atomic mass is 32.1. The van der Waals surface area contributed by atoms with Crippen LogP contribution in [0.4, 0.5) is 0 Å². The van der Waals surface area contributed by atoms with Gasteiger partial charge in [-0.2, -0.15) is 0 Å². The predicted molar refractivity (Wildman–Crippen MR) is 86.3 cm³/mol.